The third-order valence-electron chi connectivity index (χ3n) is 4.33. The van der Waals surface area contributed by atoms with Crippen LogP contribution >= 0.6 is 0 Å². The van der Waals surface area contributed by atoms with E-state index in [1.54, 1.807) is 6.92 Å². The average Bonchev–Trinajstić information content (AvgIpc) is 2.39. The van der Waals surface area contributed by atoms with Gasteiger partial charge < -0.3 is 20.1 Å². The Morgan fingerprint density at radius 1 is 1.14 bits per heavy atom. The Hall–Kier alpha value is -2.08. The third-order valence-corrected chi connectivity index (χ3v) is 4.33. The lowest BCUT2D eigenvalue weighted by Gasteiger charge is -2.37. The second-order valence-electron chi connectivity index (χ2n) is 5.85. The number of phenols is 2. The summed E-state index contributed by atoms with van der Waals surface area (Å²) in [6, 6.07) is 0. The van der Waals surface area contributed by atoms with Crippen LogP contribution in [0.15, 0.2) is 0 Å². The fourth-order valence-electron chi connectivity index (χ4n) is 3.10. The first-order valence-electron chi connectivity index (χ1n) is 7.13. The molecule has 22 heavy (non-hydrogen) atoms. The summed E-state index contributed by atoms with van der Waals surface area (Å²) in [5, 5.41) is 29.7. The summed E-state index contributed by atoms with van der Waals surface area (Å²) in [6.45, 7) is 6.74. The Morgan fingerprint density at radius 3 is 2.23 bits per heavy atom. The van der Waals surface area contributed by atoms with Gasteiger partial charge in [0.15, 0.2) is 0 Å². The number of Topliss-reactive ketones (excluding diaryl/α,β-unsaturated/α-hetero) is 1. The highest BCUT2D eigenvalue weighted by Crippen LogP contribution is 2.49. The predicted octanol–water partition coefficient (Wildman–Crippen LogP) is 2.65. The van der Waals surface area contributed by atoms with Gasteiger partial charge in [0.05, 0.1) is 12.2 Å². The van der Waals surface area contributed by atoms with Crippen LogP contribution < -0.4 is 0 Å². The number of hydrogen-bond acceptors (Lipinski definition) is 5. The normalized spacial score (nSPS) is 23.9. The molecule has 0 amide bonds. The minimum absolute atomic E-state index is 0.0426. The van der Waals surface area contributed by atoms with E-state index >= 15 is 0 Å². The van der Waals surface area contributed by atoms with Gasteiger partial charge >= 0.3 is 5.97 Å². The number of aromatic carboxylic acids is 1. The topological polar surface area (TPSA) is 104 Å². The number of benzene rings is 1. The number of hydrogen-bond donors (Lipinski definition) is 3. The van der Waals surface area contributed by atoms with Crippen LogP contribution in [-0.4, -0.2) is 33.2 Å². The number of ether oxygens (including phenoxy) is 1. The number of ketones is 1. The molecule has 3 unspecified atom stereocenters. The Balaban J connectivity index is 2.79. The van der Waals surface area contributed by atoms with Crippen molar-refractivity contribution in [2.75, 3.05) is 0 Å². The zero-order chi connectivity index (χ0) is 16.8. The first kappa shape index (κ1) is 16.3. The first-order valence-corrected chi connectivity index (χ1v) is 7.13. The molecule has 2 rings (SSSR count). The molecule has 1 heterocycles. The zero-order valence-corrected chi connectivity index (χ0v) is 13.0. The lowest BCUT2D eigenvalue weighted by atomic mass is 9.80. The molecule has 6 nitrogen and oxygen atoms in total. The molecule has 1 aliphatic rings. The minimum atomic E-state index is -1.42. The molecular weight excluding hydrogens is 288 g/mol. The number of rotatable bonds is 3. The molecule has 0 aliphatic carbocycles. The van der Waals surface area contributed by atoms with E-state index in [2.05, 4.69) is 0 Å². The zero-order valence-electron chi connectivity index (χ0n) is 13.0. The van der Waals surface area contributed by atoms with Crippen molar-refractivity contribution in [3.63, 3.8) is 0 Å². The largest absolute Gasteiger partial charge is 0.507 e. The highest BCUT2D eigenvalue weighted by molar-refractivity contribution is 5.95. The second-order valence-corrected chi connectivity index (χ2v) is 5.85. The van der Waals surface area contributed by atoms with Crippen molar-refractivity contribution in [2.24, 2.45) is 0 Å². The molecule has 3 N–H and O–H groups in total. The van der Waals surface area contributed by atoms with Crippen LogP contribution in [0, 0.1) is 6.92 Å². The van der Waals surface area contributed by atoms with E-state index in [0.717, 1.165) is 0 Å². The Labute approximate surface area is 128 Å². The summed E-state index contributed by atoms with van der Waals surface area (Å²) in [7, 11) is 0. The van der Waals surface area contributed by atoms with Crippen molar-refractivity contribution in [3.8, 4) is 11.5 Å². The van der Waals surface area contributed by atoms with Crippen LogP contribution in [0.25, 0.3) is 0 Å². The molecule has 1 aliphatic heterocycles. The number of carbonyl (C=O) groups is 2. The van der Waals surface area contributed by atoms with E-state index in [9.17, 15) is 24.9 Å². The van der Waals surface area contributed by atoms with Gasteiger partial charge in [0, 0.05) is 17.9 Å². The van der Waals surface area contributed by atoms with Crippen molar-refractivity contribution in [1.82, 2.24) is 0 Å². The SMILES string of the molecule is CC(=O)CC1OC(C)C(C)c2c(C)c(O)c(C(=O)O)c(O)c21. The van der Waals surface area contributed by atoms with Gasteiger partial charge in [-0.1, -0.05) is 6.92 Å². The molecule has 0 fully saturated rings. The summed E-state index contributed by atoms with van der Waals surface area (Å²) in [5.41, 5.74) is 0.815. The van der Waals surface area contributed by atoms with E-state index in [4.69, 9.17) is 4.74 Å². The molecule has 0 saturated carbocycles. The van der Waals surface area contributed by atoms with Gasteiger partial charge in [0.25, 0.3) is 0 Å². The molecule has 0 bridgehead atoms. The van der Waals surface area contributed by atoms with Gasteiger partial charge in [0.1, 0.15) is 22.8 Å². The van der Waals surface area contributed by atoms with E-state index in [-0.39, 0.29) is 24.2 Å². The second kappa shape index (κ2) is 5.61. The first-order chi connectivity index (χ1) is 10.2. The Kier molecular flexibility index (Phi) is 4.15. The molecule has 3 atom stereocenters. The standard InChI is InChI=1S/C16H20O6/c1-6(17)5-10-12-11(7(2)9(4)22-10)8(3)14(18)13(15(12)19)16(20)21/h7,9-10,18-19H,5H2,1-4H3,(H,20,21). The van der Waals surface area contributed by atoms with Gasteiger partial charge in [-0.05, 0) is 31.9 Å². The van der Waals surface area contributed by atoms with E-state index in [0.29, 0.717) is 16.7 Å². The summed E-state index contributed by atoms with van der Waals surface area (Å²) in [5.74, 6) is -2.65. The van der Waals surface area contributed by atoms with Crippen LogP contribution in [0.1, 0.15) is 66.3 Å². The molecule has 120 valence electrons. The van der Waals surface area contributed by atoms with Crippen molar-refractivity contribution in [3.05, 3.63) is 22.3 Å². The van der Waals surface area contributed by atoms with E-state index in [1.807, 2.05) is 13.8 Å². The number of carboxylic acids is 1. The van der Waals surface area contributed by atoms with Crippen molar-refractivity contribution in [2.45, 2.75) is 52.2 Å². The maximum atomic E-state index is 11.5. The molecular formula is C16H20O6. The maximum absolute atomic E-state index is 11.5. The van der Waals surface area contributed by atoms with Crippen LogP contribution in [-0.2, 0) is 9.53 Å². The molecule has 0 aromatic heterocycles. The molecule has 1 aromatic rings. The lowest BCUT2D eigenvalue weighted by Crippen LogP contribution is -2.29. The van der Waals surface area contributed by atoms with Gasteiger partial charge in [-0.15, -0.1) is 0 Å². The monoisotopic (exact) mass is 308 g/mol. The smallest absolute Gasteiger partial charge is 0.343 e. The molecule has 0 radical (unpaired) electrons. The Morgan fingerprint density at radius 2 is 1.73 bits per heavy atom. The number of aromatic hydroxyl groups is 2. The minimum Gasteiger partial charge on any atom is -0.507 e. The highest BCUT2D eigenvalue weighted by atomic mass is 16.5. The van der Waals surface area contributed by atoms with Crippen molar-refractivity contribution in [1.29, 1.82) is 0 Å². The van der Waals surface area contributed by atoms with Crippen LogP contribution in [0.5, 0.6) is 11.5 Å². The number of fused-ring (bicyclic) bond motifs is 1. The summed E-state index contributed by atoms with van der Waals surface area (Å²) in [4.78, 5) is 22.8. The van der Waals surface area contributed by atoms with E-state index < -0.39 is 29.1 Å². The average molecular weight is 308 g/mol. The fraction of sp³-hybridized carbons (Fsp3) is 0.500. The predicted molar refractivity (Wildman–Crippen MR) is 78.5 cm³/mol. The van der Waals surface area contributed by atoms with Crippen molar-refractivity contribution < 1.29 is 29.6 Å². The summed E-state index contributed by atoms with van der Waals surface area (Å²) < 4.78 is 5.79. The van der Waals surface area contributed by atoms with Crippen molar-refractivity contribution >= 4 is 11.8 Å². The van der Waals surface area contributed by atoms with Gasteiger partial charge in [-0.3, -0.25) is 4.79 Å². The molecule has 6 heteroatoms. The molecule has 0 spiro atoms. The third kappa shape index (κ3) is 2.43. The highest BCUT2D eigenvalue weighted by Gasteiger charge is 2.38. The van der Waals surface area contributed by atoms with Crippen LogP contribution in [0.4, 0.5) is 0 Å². The van der Waals surface area contributed by atoms with E-state index in [1.165, 1.54) is 6.92 Å². The lowest BCUT2D eigenvalue weighted by molar-refractivity contribution is -0.122. The summed E-state index contributed by atoms with van der Waals surface area (Å²) in [6.07, 6.45) is -0.887. The summed E-state index contributed by atoms with van der Waals surface area (Å²) >= 11 is 0. The number of carbonyl (C=O) groups excluding carboxylic acids is 1. The maximum Gasteiger partial charge on any atom is 0.343 e. The molecule has 1 aromatic carbocycles. The fourth-order valence-corrected chi connectivity index (χ4v) is 3.10. The number of carboxylic acid groups (broad SMARTS) is 1. The quantitative estimate of drug-likeness (QED) is 0.793. The van der Waals surface area contributed by atoms with Crippen LogP contribution in [0.2, 0.25) is 0 Å². The van der Waals surface area contributed by atoms with Gasteiger partial charge in [0.2, 0.25) is 0 Å². The Bertz CT molecular complexity index is 649. The van der Waals surface area contributed by atoms with Gasteiger partial charge in [-0.25, -0.2) is 4.79 Å². The van der Waals surface area contributed by atoms with Gasteiger partial charge in [-0.2, -0.15) is 0 Å². The van der Waals surface area contributed by atoms with Crippen LogP contribution in [0.3, 0.4) is 0 Å². The molecule has 0 saturated heterocycles.